The van der Waals surface area contributed by atoms with Crippen molar-refractivity contribution in [3.05, 3.63) is 29.8 Å². The lowest BCUT2D eigenvalue weighted by molar-refractivity contribution is -0.127. The molecule has 0 aliphatic carbocycles. The van der Waals surface area contributed by atoms with E-state index in [1.54, 1.807) is 20.8 Å². The summed E-state index contributed by atoms with van der Waals surface area (Å²) in [5, 5.41) is 12.3. The second-order valence-electron chi connectivity index (χ2n) is 7.32. The molecule has 0 spiro atoms. The van der Waals surface area contributed by atoms with Crippen molar-refractivity contribution in [2.75, 3.05) is 11.9 Å². The zero-order valence-electron chi connectivity index (χ0n) is 15.8. The number of hydrogen-bond donors (Lipinski definition) is 4. The number of ketones is 1. The number of nitrogens with two attached hydrogens (primary N) is 2. The highest BCUT2D eigenvalue weighted by Crippen LogP contribution is 2.29. The van der Waals surface area contributed by atoms with Crippen LogP contribution >= 0.6 is 0 Å². The van der Waals surface area contributed by atoms with E-state index in [-0.39, 0.29) is 0 Å². The summed E-state index contributed by atoms with van der Waals surface area (Å²) in [4.78, 5) is 23.7. The highest BCUT2D eigenvalue weighted by Gasteiger charge is 2.44. The van der Waals surface area contributed by atoms with E-state index < -0.39 is 48.0 Å². The quantitative estimate of drug-likeness (QED) is 0.566. The molecule has 0 saturated carbocycles. The Bertz CT molecular complexity index is 660. The molecule has 1 aromatic rings. The minimum atomic E-state index is -3.62. The average molecular weight is 387 g/mol. The Labute approximate surface area is 157 Å². The van der Waals surface area contributed by atoms with E-state index in [2.05, 4.69) is 5.32 Å². The number of anilines is 1. The Hall–Kier alpha value is -2.10. The Kier molecular flexibility index (Phi) is 7.41. The van der Waals surface area contributed by atoms with Crippen LogP contribution < -0.4 is 16.8 Å². The molecule has 9 heteroatoms. The van der Waals surface area contributed by atoms with Crippen molar-refractivity contribution in [1.82, 2.24) is 0 Å². The van der Waals surface area contributed by atoms with Gasteiger partial charge in [0.25, 0.3) is 5.92 Å². The fourth-order valence-electron chi connectivity index (χ4n) is 2.51. The summed E-state index contributed by atoms with van der Waals surface area (Å²) in [5.74, 6) is -5.26. The van der Waals surface area contributed by atoms with Crippen LogP contribution in [-0.2, 0) is 9.53 Å². The van der Waals surface area contributed by atoms with Crippen LogP contribution in [0.2, 0.25) is 0 Å². The molecule has 3 atom stereocenters. The molecular weight excluding hydrogens is 360 g/mol. The second kappa shape index (κ2) is 8.73. The van der Waals surface area contributed by atoms with Crippen molar-refractivity contribution in [2.24, 2.45) is 11.5 Å². The predicted molar refractivity (Wildman–Crippen MR) is 97.7 cm³/mol. The number of amides is 1. The van der Waals surface area contributed by atoms with Gasteiger partial charge in [-0.15, -0.1) is 0 Å². The van der Waals surface area contributed by atoms with Crippen molar-refractivity contribution >= 4 is 17.6 Å². The monoisotopic (exact) mass is 387 g/mol. The van der Waals surface area contributed by atoms with Crippen LogP contribution in [0, 0.1) is 0 Å². The Morgan fingerprint density at radius 1 is 1.22 bits per heavy atom. The van der Waals surface area contributed by atoms with Crippen molar-refractivity contribution in [1.29, 1.82) is 0 Å². The fraction of sp³-hybridized carbons (Fsp3) is 0.556. The molecular formula is C18H27F2N3O4. The van der Waals surface area contributed by atoms with Gasteiger partial charge in [0.2, 0.25) is 0 Å². The van der Waals surface area contributed by atoms with Gasteiger partial charge in [-0.25, -0.2) is 13.6 Å². The van der Waals surface area contributed by atoms with Gasteiger partial charge in [0.05, 0.1) is 18.5 Å². The molecule has 0 heterocycles. The van der Waals surface area contributed by atoms with Crippen molar-refractivity contribution in [2.45, 2.75) is 57.3 Å². The summed E-state index contributed by atoms with van der Waals surface area (Å²) < 4.78 is 32.4. The van der Waals surface area contributed by atoms with E-state index in [1.165, 1.54) is 31.2 Å². The van der Waals surface area contributed by atoms with Crippen LogP contribution in [0.15, 0.2) is 24.3 Å². The van der Waals surface area contributed by atoms with E-state index in [9.17, 15) is 23.5 Å². The summed E-state index contributed by atoms with van der Waals surface area (Å²) in [5.41, 5.74) is 10.8. The molecule has 1 rings (SSSR count). The zero-order chi connectivity index (χ0) is 21.0. The van der Waals surface area contributed by atoms with Gasteiger partial charge in [0, 0.05) is 5.69 Å². The summed E-state index contributed by atoms with van der Waals surface area (Å²) in [6.45, 7) is 5.26. The van der Waals surface area contributed by atoms with Gasteiger partial charge in [-0.1, -0.05) is 12.1 Å². The molecule has 1 aromatic carbocycles. The Balaban J connectivity index is 2.98. The largest absolute Gasteiger partial charge is 0.444 e. The highest BCUT2D eigenvalue weighted by atomic mass is 19.3. The van der Waals surface area contributed by atoms with Gasteiger partial charge in [-0.05, 0) is 45.4 Å². The van der Waals surface area contributed by atoms with Crippen LogP contribution in [0.3, 0.4) is 0 Å². The number of nitrogens with one attached hydrogen (secondary N) is 1. The first-order valence-corrected chi connectivity index (χ1v) is 8.40. The van der Waals surface area contributed by atoms with Crippen LogP contribution in [0.5, 0.6) is 0 Å². The molecule has 7 nitrogen and oxygen atoms in total. The molecule has 0 aliphatic rings. The van der Waals surface area contributed by atoms with Crippen LogP contribution in [0.4, 0.5) is 19.3 Å². The molecule has 152 valence electrons. The summed E-state index contributed by atoms with van der Waals surface area (Å²) >= 11 is 0. The van der Waals surface area contributed by atoms with Gasteiger partial charge in [-0.2, -0.15) is 0 Å². The third-order valence-corrected chi connectivity index (χ3v) is 3.81. The standard InChI is InChI=1S/C18H27F2N3O4/c1-10(24)13(14(22)15(25)18(19,20)9-21)11-5-7-12(8-6-11)23-16(26)27-17(2,3)4/h5-8,13-15,25H,9,21-22H2,1-4H3,(H,23,26). The molecule has 0 radical (unpaired) electrons. The van der Waals surface area contributed by atoms with Crippen LogP contribution in [0.25, 0.3) is 0 Å². The van der Waals surface area contributed by atoms with Gasteiger partial charge in [-0.3, -0.25) is 10.1 Å². The smallest absolute Gasteiger partial charge is 0.412 e. The maximum atomic E-state index is 13.7. The number of aliphatic hydroxyl groups excluding tert-OH is 1. The molecule has 0 fully saturated rings. The van der Waals surface area contributed by atoms with Crippen molar-refractivity contribution in [3.63, 3.8) is 0 Å². The minimum absolute atomic E-state index is 0.330. The van der Waals surface area contributed by atoms with E-state index >= 15 is 0 Å². The molecule has 1 amide bonds. The Morgan fingerprint density at radius 2 is 1.74 bits per heavy atom. The predicted octanol–water partition coefficient (Wildman–Crippen LogP) is 1.99. The second-order valence-corrected chi connectivity index (χ2v) is 7.32. The molecule has 6 N–H and O–H groups in total. The first kappa shape index (κ1) is 22.9. The highest BCUT2D eigenvalue weighted by molar-refractivity contribution is 5.86. The third-order valence-electron chi connectivity index (χ3n) is 3.81. The van der Waals surface area contributed by atoms with Gasteiger partial charge in [0.15, 0.2) is 0 Å². The normalized spacial score (nSPS) is 15.6. The molecule has 3 unspecified atom stereocenters. The number of rotatable bonds is 7. The van der Waals surface area contributed by atoms with E-state index in [4.69, 9.17) is 16.2 Å². The van der Waals surface area contributed by atoms with E-state index in [0.29, 0.717) is 11.3 Å². The van der Waals surface area contributed by atoms with E-state index in [1.807, 2.05) is 0 Å². The fourth-order valence-corrected chi connectivity index (χ4v) is 2.51. The maximum Gasteiger partial charge on any atom is 0.412 e. The number of hydrogen-bond acceptors (Lipinski definition) is 6. The number of alkyl halides is 2. The topological polar surface area (TPSA) is 128 Å². The SMILES string of the molecule is CC(=O)C(c1ccc(NC(=O)OC(C)(C)C)cc1)C(N)C(O)C(F)(F)CN. The summed E-state index contributed by atoms with van der Waals surface area (Å²) in [7, 11) is 0. The number of halogens is 2. The van der Waals surface area contributed by atoms with E-state index in [0.717, 1.165) is 0 Å². The average Bonchev–Trinajstić information content (AvgIpc) is 2.53. The minimum Gasteiger partial charge on any atom is -0.444 e. The third kappa shape index (κ3) is 6.53. The summed E-state index contributed by atoms with van der Waals surface area (Å²) in [6.07, 6.45) is -2.94. The number of Topliss-reactive ketones (excluding diaryl/α,β-unsaturated/α-hetero) is 1. The Morgan fingerprint density at radius 3 is 2.15 bits per heavy atom. The summed E-state index contributed by atoms with van der Waals surface area (Å²) in [6, 6.07) is 4.34. The number of ether oxygens (including phenoxy) is 1. The van der Waals surface area contributed by atoms with Crippen molar-refractivity contribution in [3.8, 4) is 0 Å². The molecule has 0 saturated heterocycles. The lowest BCUT2D eigenvalue weighted by atomic mass is 9.84. The first-order valence-electron chi connectivity index (χ1n) is 8.40. The number of aliphatic hydroxyl groups is 1. The van der Waals surface area contributed by atoms with Gasteiger partial charge >= 0.3 is 6.09 Å². The molecule has 0 aliphatic heterocycles. The van der Waals surface area contributed by atoms with Gasteiger partial charge in [0.1, 0.15) is 17.5 Å². The first-order chi connectivity index (χ1) is 12.3. The molecule has 0 bridgehead atoms. The van der Waals surface area contributed by atoms with Gasteiger partial charge < -0.3 is 21.3 Å². The number of benzene rings is 1. The zero-order valence-corrected chi connectivity index (χ0v) is 15.8. The lowest BCUT2D eigenvalue weighted by Crippen LogP contribution is -2.54. The lowest BCUT2D eigenvalue weighted by Gasteiger charge is -2.31. The van der Waals surface area contributed by atoms with Crippen molar-refractivity contribution < 1.29 is 28.2 Å². The number of carbonyl (C=O) groups excluding carboxylic acids is 2. The van der Waals surface area contributed by atoms with Crippen LogP contribution in [-0.4, -0.2) is 47.2 Å². The molecule has 0 aromatic heterocycles. The molecule has 27 heavy (non-hydrogen) atoms. The van der Waals surface area contributed by atoms with Crippen LogP contribution in [0.1, 0.15) is 39.2 Å². The number of carbonyl (C=O) groups is 2. The maximum absolute atomic E-state index is 13.7.